The Morgan fingerprint density at radius 1 is 1.00 bits per heavy atom. The van der Waals surface area contributed by atoms with Crippen molar-refractivity contribution >= 4 is 0 Å². The van der Waals surface area contributed by atoms with E-state index in [0.29, 0.717) is 0 Å². The highest BCUT2D eigenvalue weighted by Crippen LogP contribution is 2.27. The minimum atomic E-state index is 0.0499. The quantitative estimate of drug-likeness (QED) is 0.883. The lowest BCUT2D eigenvalue weighted by Gasteiger charge is -2.12. The minimum Gasteiger partial charge on any atom is -0.497 e. The molecule has 1 unspecified atom stereocenters. The van der Waals surface area contributed by atoms with Crippen LogP contribution in [0.4, 0.5) is 0 Å². The molecule has 0 aliphatic carbocycles. The number of hydrogen-bond donors (Lipinski definition) is 1. The van der Waals surface area contributed by atoms with Crippen molar-refractivity contribution in [1.29, 1.82) is 0 Å². The lowest BCUT2D eigenvalue weighted by molar-refractivity contribution is 0.409. The second-order valence-electron chi connectivity index (χ2n) is 4.37. The van der Waals surface area contributed by atoms with E-state index < -0.39 is 0 Å². The van der Waals surface area contributed by atoms with Crippen molar-refractivity contribution in [2.75, 3.05) is 7.11 Å². The fourth-order valence-corrected chi connectivity index (χ4v) is 1.85. The molecule has 2 aromatic carbocycles. The van der Waals surface area contributed by atoms with Crippen molar-refractivity contribution in [1.82, 2.24) is 0 Å². The van der Waals surface area contributed by atoms with Gasteiger partial charge in [-0.3, -0.25) is 0 Å². The summed E-state index contributed by atoms with van der Waals surface area (Å²) in [4.78, 5) is 0. The first-order valence-electron chi connectivity index (χ1n) is 6.40. The highest BCUT2D eigenvalue weighted by Gasteiger charge is 2.05. The van der Waals surface area contributed by atoms with Gasteiger partial charge in [-0.1, -0.05) is 25.1 Å². The predicted octanol–water partition coefficient (Wildman–Crippen LogP) is 3.90. The molecule has 0 radical (unpaired) electrons. The molecule has 0 aliphatic heterocycles. The van der Waals surface area contributed by atoms with Gasteiger partial charge in [0.25, 0.3) is 0 Å². The zero-order valence-corrected chi connectivity index (χ0v) is 11.3. The normalized spacial score (nSPS) is 11.9. The monoisotopic (exact) mass is 257 g/mol. The number of ether oxygens (including phenoxy) is 2. The molecule has 0 amide bonds. The maximum Gasteiger partial charge on any atom is 0.131 e. The lowest BCUT2D eigenvalue weighted by atomic mass is 10.1. The molecule has 2 N–H and O–H groups in total. The van der Waals surface area contributed by atoms with Crippen molar-refractivity contribution in [2.45, 2.75) is 19.4 Å². The van der Waals surface area contributed by atoms with Crippen LogP contribution < -0.4 is 15.2 Å². The Bertz CT molecular complexity index is 540. The average molecular weight is 257 g/mol. The first-order valence-corrected chi connectivity index (χ1v) is 6.40. The molecule has 3 heteroatoms. The van der Waals surface area contributed by atoms with Crippen LogP contribution in [0.15, 0.2) is 48.5 Å². The highest BCUT2D eigenvalue weighted by molar-refractivity contribution is 5.38. The summed E-state index contributed by atoms with van der Waals surface area (Å²) in [6, 6.07) is 15.5. The Kier molecular flexibility index (Phi) is 4.42. The van der Waals surface area contributed by atoms with Gasteiger partial charge in [-0.25, -0.2) is 0 Å². The van der Waals surface area contributed by atoms with Crippen LogP contribution in [0.3, 0.4) is 0 Å². The van der Waals surface area contributed by atoms with Gasteiger partial charge in [0.2, 0.25) is 0 Å². The van der Waals surface area contributed by atoms with Gasteiger partial charge in [-0.15, -0.1) is 0 Å². The topological polar surface area (TPSA) is 44.5 Å². The van der Waals surface area contributed by atoms with E-state index >= 15 is 0 Å². The largest absolute Gasteiger partial charge is 0.497 e. The molecule has 0 fully saturated rings. The van der Waals surface area contributed by atoms with E-state index in [1.807, 2.05) is 48.5 Å². The Hall–Kier alpha value is -2.00. The van der Waals surface area contributed by atoms with Gasteiger partial charge in [-0.05, 0) is 36.2 Å². The van der Waals surface area contributed by atoms with Crippen LogP contribution in [-0.4, -0.2) is 7.11 Å². The highest BCUT2D eigenvalue weighted by atomic mass is 16.5. The Balaban J connectivity index is 2.18. The van der Waals surface area contributed by atoms with Gasteiger partial charge >= 0.3 is 0 Å². The Labute approximate surface area is 114 Å². The second kappa shape index (κ2) is 6.25. The SMILES string of the molecule is CCC(N)c1cccc(Oc2cccc(OC)c2)c1. The molecule has 0 aromatic heterocycles. The molecule has 0 bridgehead atoms. The zero-order valence-electron chi connectivity index (χ0n) is 11.3. The van der Waals surface area contributed by atoms with E-state index in [1.165, 1.54) is 0 Å². The molecule has 19 heavy (non-hydrogen) atoms. The van der Waals surface area contributed by atoms with E-state index in [0.717, 1.165) is 29.2 Å². The average Bonchev–Trinajstić information content (AvgIpc) is 2.47. The molecule has 100 valence electrons. The van der Waals surface area contributed by atoms with Gasteiger partial charge < -0.3 is 15.2 Å². The van der Waals surface area contributed by atoms with Gasteiger partial charge in [0, 0.05) is 12.1 Å². The molecule has 0 heterocycles. The number of rotatable bonds is 5. The van der Waals surface area contributed by atoms with Crippen molar-refractivity contribution in [3.8, 4) is 17.2 Å². The fraction of sp³-hybridized carbons (Fsp3) is 0.250. The molecule has 0 saturated heterocycles. The Morgan fingerprint density at radius 3 is 2.32 bits per heavy atom. The summed E-state index contributed by atoms with van der Waals surface area (Å²) in [5, 5.41) is 0. The molecule has 2 rings (SSSR count). The number of nitrogens with two attached hydrogens (primary N) is 1. The predicted molar refractivity (Wildman–Crippen MR) is 76.7 cm³/mol. The third-order valence-corrected chi connectivity index (χ3v) is 3.00. The van der Waals surface area contributed by atoms with E-state index in [2.05, 4.69) is 6.92 Å². The summed E-state index contributed by atoms with van der Waals surface area (Å²) >= 11 is 0. The van der Waals surface area contributed by atoms with Crippen LogP contribution in [0.1, 0.15) is 24.9 Å². The van der Waals surface area contributed by atoms with Crippen molar-refractivity contribution in [3.05, 3.63) is 54.1 Å². The van der Waals surface area contributed by atoms with Gasteiger partial charge in [0.05, 0.1) is 7.11 Å². The maximum atomic E-state index is 6.03. The lowest BCUT2D eigenvalue weighted by Crippen LogP contribution is -2.08. The smallest absolute Gasteiger partial charge is 0.131 e. The van der Waals surface area contributed by atoms with E-state index in [-0.39, 0.29) is 6.04 Å². The maximum absolute atomic E-state index is 6.03. The van der Waals surface area contributed by atoms with Crippen LogP contribution in [0, 0.1) is 0 Å². The van der Waals surface area contributed by atoms with Gasteiger partial charge in [0.1, 0.15) is 17.2 Å². The van der Waals surface area contributed by atoms with Gasteiger partial charge in [0.15, 0.2) is 0 Å². The molecular weight excluding hydrogens is 238 g/mol. The zero-order chi connectivity index (χ0) is 13.7. The summed E-state index contributed by atoms with van der Waals surface area (Å²) in [6.45, 7) is 2.07. The second-order valence-corrected chi connectivity index (χ2v) is 4.37. The number of hydrogen-bond acceptors (Lipinski definition) is 3. The minimum absolute atomic E-state index is 0.0499. The van der Waals surface area contributed by atoms with Crippen molar-refractivity contribution in [3.63, 3.8) is 0 Å². The Morgan fingerprint density at radius 2 is 1.63 bits per heavy atom. The number of benzene rings is 2. The van der Waals surface area contributed by atoms with Crippen LogP contribution in [-0.2, 0) is 0 Å². The van der Waals surface area contributed by atoms with Crippen molar-refractivity contribution < 1.29 is 9.47 Å². The molecule has 2 aromatic rings. The summed E-state index contributed by atoms with van der Waals surface area (Å²) in [5.74, 6) is 2.31. The standard InChI is InChI=1S/C16H19NO2/c1-3-16(17)12-6-4-8-14(10-12)19-15-9-5-7-13(11-15)18-2/h4-11,16H,3,17H2,1-2H3. The fourth-order valence-electron chi connectivity index (χ4n) is 1.85. The van der Waals surface area contributed by atoms with E-state index in [4.69, 9.17) is 15.2 Å². The molecule has 0 aliphatic rings. The van der Waals surface area contributed by atoms with Crippen LogP contribution in [0.2, 0.25) is 0 Å². The molecule has 1 atom stereocenters. The third-order valence-electron chi connectivity index (χ3n) is 3.00. The van der Waals surface area contributed by atoms with Crippen LogP contribution in [0.25, 0.3) is 0 Å². The summed E-state index contributed by atoms with van der Waals surface area (Å²) < 4.78 is 11.0. The molecule has 0 saturated carbocycles. The summed E-state index contributed by atoms with van der Waals surface area (Å²) in [7, 11) is 1.64. The summed E-state index contributed by atoms with van der Waals surface area (Å²) in [6.07, 6.45) is 0.905. The first kappa shape index (κ1) is 13.4. The molecule has 3 nitrogen and oxygen atoms in total. The third kappa shape index (κ3) is 3.48. The number of methoxy groups -OCH3 is 1. The first-order chi connectivity index (χ1) is 9.22. The van der Waals surface area contributed by atoms with E-state index in [9.17, 15) is 0 Å². The molecular formula is C16H19NO2. The van der Waals surface area contributed by atoms with Gasteiger partial charge in [-0.2, -0.15) is 0 Å². The van der Waals surface area contributed by atoms with Crippen LogP contribution in [0.5, 0.6) is 17.2 Å². The molecule has 0 spiro atoms. The van der Waals surface area contributed by atoms with E-state index in [1.54, 1.807) is 7.11 Å². The van der Waals surface area contributed by atoms with Crippen LogP contribution >= 0.6 is 0 Å². The summed E-state index contributed by atoms with van der Waals surface area (Å²) in [5.41, 5.74) is 7.11. The van der Waals surface area contributed by atoms with Crippen molar-refractivity contribution in [2.24, 2.45) is 5.73 Å².